The largest absolute Gasteiger partial charge is 0.351 e. The lowest BCUT2D eigenvalue weighted by molar-refractivity contribution is -0.127. The van der Waals surface area contributed by atoms with E-state index in [2.05, 4.69) is 10.4 Å². The fourth-order valence-electron chi connectivity index (χ4n) is 2.57. The van der Waals surface area contributed by atoms with Crippen molar-refractivity contribution in [3.63, 3.8) is 0 Å². The van der Waals surface area contributed by atoms with Gasteiger partial charge in [-0.05, 0) is 25.8 Å². The molecule has 0 spiro atoms. The van der Waals surface area contributed by atoms with E-state index in [-0.39, 0.29) is 23.9 Å². The molecule has 1 aromatic heterocycles. The number of aromatic nitrogens is 2. The van der Waals surface area contributed by atoms with Gasteiger partial charge in [-0.2, -0.15) is 5.10 Å². The Morgan fingerprint density at radius 1 is 1.56 bits per heavy atom. The fourth-order valence-corrected chi connectivity index (χ4v) is 2.57. The minimum absolute atomic E-state index is 0.0150. The molecule has 3 unspecified atom stereocenters. The molecule has 5 nitrogen and oxygen atoms in total. The SMILES string of the molecule is CC(Cn1cccn1)NC(=O)C1CCCCC1N. The Labute approximate surface area is 108 Å². The molecule has 1 aliphatic carbocycles. The van der Waals surface area contributed by atoms with Crippen molar-refractivity contribution < 1.29 is 4.79 Å². The highest BCUT2D eigenvalue weighted by Gasteiger charge is 2.28. The molecule has 1 fully saturated rings. The van der Waals surface area contributed by atoms with Crippen molar-refractivity contribution >= 4 is 5.91 Å². The van der Waals surface area contributed by atoms with Crippen molar-refractivity contribution in [1.29, 1.82) is 0 Å². The van der Waals surface area contributed by atoms with Crippen molar-refractivity contribution in [2.75, 3.05) is 0 Å². The summed E-state index contributed by atoms with van der Waals surface area (Å²) in [6.45, 7) is 2.69. The molecule has 0 aromatic carbocycles. The van der Waals surface area contributed by atoms with Crippen LogP contribution in [-0.4, -0.2) is 27.8 Å². The molecule has 1 amide bonds. The number of carbonyl (C=O) groups is 1. The monoisotopic (exact) mass is 250 g/mol. The molecule has 5 heteroatoms. The normalized spacial score (nSPS) is 25.7. The van der Waals surface area contributed by atoms with Gasteiger partial charge in [0.25, 0.3) is 0 Å². The third-order valence-electron chi connectivity index (χ3n) is 3.56. The van der Waals surface area contributed by atoms with E-state index in [1.54, 1.807) is 6.20 Å². The van der Waals surface area contributed by atoms with E-state index in [1.807, 2.05) is 23.9 Å². The molecule has 0 bridgehead atoms. The Hall–Kier alpha value is -1.36. The van der Waals surface area contributed by atoms with Crippen LogP contribution in [0.1, 0.15) is 32.6 Å². The van der Waals surface area contributed by atoms with E-state index >= 15 is 0 Å². The number of nitrogens with one attached hydrogen (secondary N) is 1. The standard InChI is InChI=1S/C13H22N4O/c1-10(9-17-8-4-7-15-17)16-13(18)11-5-2-3-6-12(11)14/h4,7-8,10-12H,2-3,5-6,9,14H2,1H3,(H,16,18). The van der Waals surface area contributed by atoms with Crippen molar-refractivity contribution in [2.24, 2.45) is 11.7 Å². The van der Waals surface area contributed by atoms with Crippen LogP contribution in [0.3, 0.4) is 0 Å². The van der Waals surface area contributed by atoms with Gasteiger partial charge in [0.2, 0.25) is 5.91 Å². The second kappa shape index (κ2) is 6.00. The number of hydrogen-bond acceptors (Lipinski definition) is 3. The van der Waals surface area contributed by atoms with Crippen LogP contribution in [0.4, 0.5) is 0 Å². The summed E-state index contributed by atoms with van der Waals surface area (Å²) in [6.07, 6.45) is 7.78. The molecule has 3 N–H and O–H groups in total. The minimum Gasteiger partial charge on any atom is -0.351 e. The van der Waals surface area contributed by atoms with Gasteiger partial charge in [-0.3, -0.25) is 9.48 Å². The molecule has 0 radical (unpaired) electrons. The van der Waals surface area contributed by atoms with Gasteiger partial charge in [0.05, 0.1) is 12.5 Å². The highest BCUT2D eigenvalue weighted by Crippen LogP contribution is 2.23. The van der Waals surface area contributed by atoms with E-state index in [1.165, 1.54) is 0 Å². The first-order chi connectivity index (χ1) is 8.66. The fraction of sp³-hybridized carbons (Fsp3) is 0.692. The predicted octanol–water partition coefficient (Wildman–Crippen LogP) is 0.905. The Morgan fingerprint density at radius 3 is 3.00 bits per heavy atom. The zero-order valence-corrected chi connectivity index (χ0v) is 10.9. The van der Waals surface area contributed by atoms with Crippen LogP contribution in [0.15, 0.2) is 18.5 Å². The Bertz CT molecular complexity index is 376. The van der Waals surface area contributed by atoms with Crippen LogP contribution in [0.2, 0.25) is 0 Å². The third-order valence-corrected chi connectivity index (χ3v) is 3.56. The van der Waals surface area contributed by atoms with Gasteiger partial charge in [-0.1, -0.05) is 12.8 Å². The number of rotatable bonds is 4. The molecule has 1 heterocycles. The first kappa shape index (κ1) is 13.1. The molecule has 18 heavy (non-hydrogen) atoms. The minimum atomic E-state index is -0.0150. The summed E-state index contributed by atoms with van der Waals surface area (Å²) >= 11 is 0. The Kier molecular flexibility index (Phi) is 4.36. The molecule has 0 aliphatic heterocycles. The van der Waals surface area contributed by atoms with Crippen molar-refractivity contribution in [3.05, 3.63) is 18.5 Å². The molecular weight excluding hydrogens is 228 g/mol. The summed E-state index contributed by atoms with van der Waals surface area (Å²) in [5.74, 6) is 0.0840. The molecule has 0 saturated heterocycles. The van der Waals surface area contributed by atoms with Crippen LogP contribution in [0.5, 0.6) is 0 Å². The maximum absolute atomic E-state index is 12.1. The van der Waals surface area contributed by atoms with Gasteiger partial charge in [0.15, 0.2) is 0 Å². The number of nitrogens with zero attached hydrogens (tertiary/aromatic N) is 2. The maximum Gasteiger partial charge on any atom is 0.224 e. The van der Waals surface area contributed by atoms with Gasteiger partial charge in [0, 0.05) is 24.5 Å². The van der Waals surface area contributed by atoms with E-state index in [9.17, 15) is 4.79 Å². The van der Waals surface area contributed by atoms with Crippen LogP contribution in [-0.2, 0) is 11.3 Å². The number of nitrogens with two attached hydrogens (primary N) is 1. The van der Waals surface area contributed by atoms with Crippen LogP contribution in [0, 0.1) is 5.92 Å². The van der Waals surface area contributed by atoms with Crippen LogP contribution < -0.4 is 11.1 Å². The number of hydrogen-bond donors (Lipinski definition) is 2. The van der Waals surface area contributed by atoms with Crippen molar-refractivity contribution in [3.8, 4) is 0 Å². The predicted molar refractivity (Wildman–Crippen MR) is 69.8 cm³/mol. The molecule has 1 saturated carbocycles. The summed E-state index contributed by atoms with van der Waals surface area (Å²) < 4.78 is 1.83. The lowest BCUT2D eigenvalue weighted by atomic mass is 9.84. The Morgan fingerprint density at radius 2 is 2.33 bits per heavy atom. The molecule has 1 aliphatic rings. The summed E-state index contributed by atoms with van der Waals surface area (Å²) in [7, 11) is 0. The smallest absolute Gasteiger partial charge is 0.224 e. The number of carbonyl (C=O) groups excluding carboxylic acids is 1. The summed E-state index contributed by atoms with van der Waals surface area (Å²) in [5, 5.41) is 7.17. The van der Waals surface area contributed by atoms with E-state index < -0.39 is 0 Å². The highest BCUT2D eigenvalue weighted by atomic mass is 16.2. The molecule has 3 atom stereocenters. The Balaban J connectivity index is 1.82. The average Bonchev–Trinajstić information content (AvgIpc) is 2.82. The van der Waals surface area contributed by atoms with Gasteiger partial charge >= 0.3 is 0 Å². The van der Waals surface area contributed by atoms with Gasteiger partial charge < -0.3 is 11.1 Å². The van der Waals surface area contributed by atoms with Gasteiger partial charge in [-0.15, -0.1) is 0 Å². The molecule has 100 valence electrons. The van der Waals surface area contributed by atoms with Crippen LogP contribution >= 0.6 is 0 Å². The third kappa shape index (κ3) is 3.32. The molecular formula is C13H22N4O. The first-order valence-electron chi connectivity index (χ1n) is 6.70. The average molecular weight is 250 g/mol. The highest BCUT2D eigenvalue weighted by molar-refractivity contribution is 5.79. The van der Waals surface area contributed by atoms with Crippen molar-refractivity contribution in [1.82, 2.24) is 15.1 Å². The molecule has 2 rings (SSSR count). The number of amides is 1. The van der Waals surface area contributed by atoms with E-state index in [0.717, 1.165) is 25.7 Å². The summed E-state index contributed by atoms with van der Waals surface area (Å²) in [5.41, 5.74) is 6.01. The lowest BCUT2D eigenvalue weighted by Crippen LogP contribution is -2.47. The summed E-state index contributed by atoms with van der Waals surface area (Å²) in [6, 6.07) is 1.98. The van der Waals surface area contributed by atoms with Gasteiger partial charge in [-0.25, -0.2) is 0 Å². The first-order valence-corrected chi connectivity index (χ1v) is 6.70. The lowest BCUT2D eigenvalue weighted by Gasteiger charge is -2.28. The van der Waals surface area contributed by atoms with E-state index in [4.69, 9.17) is 5.73 Å². The van der Waals surface area contributed by atoms with Crippen LogP contribution in [0.25, 0.3) is 0 Å². The van der Waals surface area contributed by atoms with Crippen molar-refractivity contribution in [2.45, 2.75) is 51.2 Å². The summed E-state index contributed by atoms with van der Waals surface area (Å²) in [4.78, 5) is 12.1. The second-order valence-electron chi connectivity index (χ2n) is 5.19. The zero-order chi connectivity index (χ0) is 13.0. The molecule has 1 aromatic rings. The topological polar surface area (TPSA) is 72.9 Å². The second-order valence-corrected chi connectivity index (χ2v) is 5.19. The maximum atomic E-state index is 12.1. The zero-order valence-electron chi connectivity index (χ0n) is 10.9. The van der Waals surface area contributed by atoms with Gasteiger partial charge in [0.1, 0.15) is 0 Å². The quantitative estimate of drug-likeness (QED) is 0.834. The van der Waals surface area contributed by atoms with E-state index in [0.29, 0.717) is 6.54 Å².